The zero-order valence-electron chi connectivity index (χ0n) is 14.6. The molecule has 0 unspecified atom stereocenters. The molecule has 2 nitrogen and oxygen atoms in total. The molecule has 0 saturated heterocycles. The average Bonchev–Trinajstić information content (AvgIpc) is 2.63. The highest BCUT2D eigenvalue weighted by molar-refractivity contribution is 5.92. The smallest absolute Gasteiger partial charge is 0.346 e. The highest BCUT2D eigenvalue weighted by Crippen LogP contribution is 2.24. The van der Waals surface area contributed by atoms with Crippen LogP contribution in [-0.4, -0.2) is 5.97 Å². The molecule has 0 radical (unpaired) electrons. The fourth-order valence-corrected chi connectivity index (χ4v) is 2.74. The molecular formula is C22H17F3O2. The van der Waals surface area contributed by atoms with Gasteiger partial charge in [-0.2, -0.15) is 0 Å². The van der Waals surface area contributed by atoms with Crippen molar-refractivity contribution >= 4 is 16.7 Å². The van der Waals surface area contributed by atoms with Crippen molar-refractivity contribution in [3.63, 3.8) is 0 Å². The van der Waals surface area contributed by atoms with E-state index in [1.807, 2.05) is 19.1 Å². The predicted molar refractivity (Wildman–Crippen MR) is 98.4 cm³/mol. The molecule has 5 heteroatoms. The summed E-state index contributed by atoms with van der Waals surface area (Å²) in [5.74, 6) is -3.34. The second kappa shape index (κ2) is 8.08. The van der Waals surface area contributed by atoms with Gasteiger partial charge in [0.2, 0.25) is 0 Å². The zero-order valence-corrected chi connectivity index (χ0v) is 14.6. The van der Waals surface area contributed by atoms with Crippen LogP contribution in [-0.2, 0) is 6.42 Å². The third kappa shape index (κ3) is 4.37. The van der Waals surface area contributed by atoms with Gasteiger partial charge in [-0.15, -0.1) is 0 Å². The van der Waals surface area contributed by atoms with Crippen molar-refractivity contribution in [1.29, 1.82) is 0 Å². The Labute approximate surface area is 154 Å². The van der Waals surface area contributed by atoms with E-state index in [-0.39, 0.29) is 11.3 Å². The van der Waals surface area contributed by atoms with Gasteiger partial charge in [-0.25, -0.2) is 18.0 Å². The minimum Gasteiger partial charge on any atom is -0.423 e. The molecule has 0 aliphatic rings. The van der Waals surface area contributed by atoms with Crippen molar-refractivity contribution < 1.29 is 22.7 Å². The molecule has 0 atom stereocenters. The Morgan fingerprint density at radius 2 is 1.67 bits per heavy atom. The number of ether oxygens (including phenoxy) is 1. The molecule has 3 rings (SSSR count). The fraction of sp³-hybridized carbons (Fsp3) is 0.136. The van der Waals surface area contributed by atoms with Gasteiger partial charge in [0.05, 0.1) is 5.56 Å². The van der Waals surface area contributed by atoms with E-state index in [0.717, 1.165) is 24.1 Å². The monoisotopic (exact) mass is 370 g/mol. The molecule has 27 heavy (non-hydrogen) atoms. The molecule has 0 saturated carbocycles. The summed E-state index contributed by atoms with van der Waals surface area (Å²) in [5, 5.41) is 0.837. The van der Waals surface area contributed by atoms with Crippen LogP contribution in [0.4, 0.5) is 13.2 Å². The van der Waals surface area contributed by atoms with Gasteiger partial charge in [0.1, 0.15) is 11.6 Å². The van der Waals surface area contributed by atoms with Crippen molar-refractivity contribution in [3.05, 3.63) is 89.3 Å². The summed E-state index contributed by atoms with van der Waals surface area (Å²) < 4.78 is 46.1. The standard InChI is InChI=1S/C22H17F3O2/c1-2-3-4-5-14-6-9-18(19(23)10-14)22(26)27-17-8-7-15-12-20(24)21(25)13-16(15)11-17/h2-3,6-13H,4-5H2,1H3/b3-2+. The molecular weight excluding hydrogens is 353 g/mol. The van der Waals surface area contributed by atoms with Gasteiger partial charge < -0.3 is 4.74 Å². The number of esters is 1. The molecule has 0 spiro atoms. The number of hydrogen-bond acceptors (Lipinski definition) is 2. The SMILES string of the molecule is C/C=C/CCc1ccc(C(=O)Oc2ccc3cc(F)c(F)cc3c2)c(F)c1. The van der Waals surface area contributed by atoms with Gasteiger partial charge in [-0.05, 0) is 72.5 Å². The maximum atomic E-state index is 14.3. The van der Waals surface area contributed by atoms with Crippen LogP contribution >= 0.6 is 0 Å². The van der Waals surface area contributed by atoms with Crippen molar-refractivity contribution in [2.45, 2.75) is 19.8 Å². The fourth-order valence-electron chi connectivity index (χ4n) is 2.74. The molecule has 0 aromatic heterocycles. The number of carbonyl (C=O) groups excluding carboxylic acids is 1. The first-order chi connectivity index (χ1) is 13.0. The first kappa shape index (κ1) is 18.7. The van der Waals surface area contributed by atoms with Crippen molar-refractivity contribution in [3.8, 4) is 5.75 Å². The lowest BCUT2D eigenvalue weighted by atomic mass is 10.1. The number of fused-ring (bicyclic) bond motifs is 1. The lowest BCUT2D eigenvalue weighted by Gasteiger charge is -2.08. The Hall–Kier alpha value is -3.08. The van der Waals surface area contributed by atoms with E-state index in [0.29, 0.717) is 17.2 Å². The van der Waals surface area contributed by atoms with E-state index in [1.165, 1.54) is 30.3 Å². The molecule has 3 aromatic rings. The van der Waals surface area contributed by atoms with Gasteiger partial charge in [0, 0.05) is 0 Å². The van der Waals surface area contributed by atoms with Gasteiger partial charge in [0.15, 0.2) is 11.6 Å². The Morgan fingerprint density at radius 1 is 0.926 bits per heavy atom. The van der Waals surface area contributed by atoms with Crippen molar-refractivity contribution in [1.82, 2.24) is 0 Å². The number of halogens is 3. The Kier molecular flexibility index (Phi) is 5.60. The summed E-state index contributed by atoms with van der Waals surface area (Å²) in [6, 6.07) is 10.8. The predicted octanol–water partition coefficient (Wildman–Crippen LogP) is 5.99. The van der Waals surface area contributed by atoms with Crippen LogP contribution in [0.1, 0.15) is 29.3 Å². The summed E-state index contributed by atoms with van der Waals surface area (Å²) >= 11 is 0. The molecule has 0 heterocycles. The second-order valence-corrected chi connectivity index (χ2v) is 6.09. The minimum absolute atomic E-state index is 0.120. The molecule has 0 fully saturated rings. The van der Waals surface area contributed by atoms with Gasteiger partial charge in [-0.1, -0.05) is 24.3 Å². The van der Waals surface area contributed by atoms with Crippen LogP contribution in [0.5, 0.6) is 5.75 Å². The van der Waals surface area contributed by atoms with Crippen LogP contribution in [0, 0.1) is 17.5 Å². The summed E-state index contributed by atoms with van der Waals surface area (Å²) in [4.78, 5) is 12.3. The average molecular weight is 370 g/mol. The maximum absolute atomic E-state index is 14.3. The molecule has 0 N–H and O–H groups in total. The third-order valence-corrected chi connectivity index (χ3v) is 4.15. The maximum Gasteiger partial charge on any atom is 0.346 e. The third-order valence-electron chi connectivity index (χ3n) is 4.15. The van der Waals surface area contributed by atoms with Crippen LogP contribution in [0.2, 0.25) is 0 Å². The Balaban J connectivity index is 1.78. The van der Waals surface area contributed by atoms with E-state index in [2.05, 4.69) is 0 Å². The molecule has 0 amide bonds. The first-order valence-corrected chi connectivity index (χ1v) is 8.48. The highest BCUT2D eigenvalue weighted by atomic mass is 19.2. The van der Waals surface area contributed by atoms with Gasteiger partial charge in [0.25, 0.3) is 0 Å². The molecule has 0 aliphatic carbocycles. The lowest BCUT2D eigenvalue weighted by Crippen LogP contribution is -2.11. The number of carbonyl (C=O) groups is 1. The van der Waals surface area contributed by atoms with Crippen molar-refractivity contribution in [2.75, 3.05) is 0 Å². The van der Waals surface area contributed by atoms with E-state index in [1.54, 1.807) is 6.07 Å². The largest absolute Gasteiger partial charge is 0.423 e. The van der Waals surface area contributed by atoms with Crippen LogP contribution in [0.3, 0.4) is 0 Å². The topological polar surface area (TPSA) is 26.3 Å². The summed E-state index contributed by atoms with van der Waals surface area (Å²) in [5.41, 5.74) is 0.598. The molecule has 0 bridgehead atoms. The van der Waals surface area contributed by atoms with Crippen LogP contribution in [0.15, 0.2) is 60.7 Å². The van der Waals surface area contributed by atoms with E-state index >= 15 is 0 Å². The Bertz CT molecular complexity index is 1030. The summed E-state index contributed by atoms with van der Waals surface area (Å²) in [6.07, 6.45) is 5.36. The Morgan fingerprint density at radius 3 is 2.37 bits per heavy atom. The quantitative estimate of drug-likeness (QED) is 0.313. The molecule has 3 aromatic carbocycles. The molecule has 138 valence electrons. The zero-order chi connectivity index (χ0) is 19.4. The highest BCUT2D eigenvalue weighted by Gasteiger charge is 2.15. The lowest BCUT2D eigenvalue weighted by molar-refractivity contribution is 0.0730. The summed E-state index contributed by atoms with van der Waals surface area (Å²) in [7, 11) is 0. The second-order valence-electron chi connectivity index (χ2n) is 6.09. The number of benzene rings is 3. The van der Waals surface area contributed by atoms with E-state index in [9.17, 15) is 18.0 Å². The van der Waals surface area contributed by atoms with E-state index < -0.39 is 23.4 Å². The summed E-state index contributed by atoms with van der Waals surface area (Å²) in [6.45, 7) is 1.91. The molecule has 0 aliphatic heterocycles. The normalized spacial score (nSPS) is 11.3. The minimum atomic E-state index is -0.995. The number of hydrogen-bond donors (Lipinski definition) is 0. The van der Waals surface area contributed by atoms with Crippen LogP contribution in [0.25, 0.3) is 10.8 Å². The van der Waals surface area contributed by atoms with Gasteiger partial charge in [-0.3, -0.25) is 0 Å². The van der Waals surface area contributed by atoms with E-state index in [4.69, 9.17) is 4.74 Å². The van der Waals surface area contributed by atoms with Gasteiger partial charge >= 0.3 is 5.97 Å². The first-order valence-electron chi connectivity index (χ1n) is 8.48. The van der Waals surface area contributed by atoms with Crippen LogP contribution < -0.4 is 4.74 Å². The number of aryl methyl sites for hydroxylation is 1. The number of allylic oxidation sites excluding steroid dienone is 2. The van der Waals surface area contributed by atoms with Crippen molar-refractivity contribution in [2.24, 2.45) is 0 Å². The number of rotatable bonds is 5.